The van der Waals surface area contributed by atoms with Crippen LogP contribution in [0.25, 0.3) is 22.5 Å². The summed E-state index contributed by atoms with van der Waals surface area (Å²) in [4.78, 5) is 4.38. The Labute approximate surface area is 137 Å². The monoisotopic (exact) mass is 322 g/mol. The molecule has 6 heteroatoms. The number of nitrogens with zero attached hydrogens (tertiary/aromatic N) is 3. The highest BCUT2D eigenvalue weighted by atomic mass is 19.1. The van der Waals surface area contributed by atoms with Gasteiger partial charge in [0.25, 0.3) is 0 Å². The fourth-order valence-corrected chi connectivity index (χ4v) is 2.81. The zero-order chi connectivity index (χ0) is 16.7. The van der Waals surface area contributed by atoms with E-state index in [-0.39, 0.29) is 5.69 Å². The van der Waals surface area contributed by atoms with Crippen molar-refractivity contribution in [2.45, 2.75) is 6.92 Å². The summed E-state index contributed by atoms with van der Waals surface area (Å²) in [5.41, 5.74) is 10.8. The second-order valence-corrected chi connectivity index (χ2v) is 5.62. The smallest absolute Gasteiger partial charge is 0.161 e. The lowest BCUT2D eigenvalue weighted by Crippen LogP contribution is -2.02. The summed E-state index contributed by atoms with van der Waals surface area (Å²) in [5, 5.41) is 4.59. The maximum absolute atomic E-state index is 13.7. The summed E-state index contributed by atoms with van der Waals surface area (Å²) >= 11 is 0. The van der Waals surface area contributed by atoms with E-state index in [9.17, 15) is 4.39 Å². The number of imidazole rings is 1. The van der Waals surface area contributed by atoms with Crippen molar-refractivity contribution < 1.29 is 9.13 Å². The van der Waals surface area contributed by atoms with E-state index in [1.165, 1.54) is 6.07 Å². The molecule has 1 aliphatic rings. The maximum atomic E-state index is 13.7. The van der Waals surface area contributed by atoms with E-state index >= 15 is 0 Å². The Balaban J connectivity index is 1.96. The molecule has 0 saturated heterocycles. The van der Waals surface area contributed by atoms with Crippen LogP contribution < -0.4 is 5.73 Å². The van der Waals surface area contributed by atoms with Crippen LogP contribution in [0.3, 0.4) is 0 Å². The normalized spacial score (nSPS) is 13.8. The summed E-state index contributed by atoms with van der Waals surface area (Å²) in [5.74, 6) is -0.421. The number of nitrogen functional groups attached to an aromatic ring is 1. The molecule has 24 heavy (non-hydrogen) atoms. The molecule has 0 unspecified atom stereocenters. The van der Waals surface area contributed by atoms with Crippen molar-refractivity contribution in [3.8, 4) is 11.3 Å². The molecular formula is C18H15FN4O. The molecule has 0 spiro atoms. The number of hydrogen-bond acceptors (Lipinski definition) is 4. The Morgan fingerprint density at radius 3 is 2.92 bits per heavy atom. The topological polar surface area (TPSA) is 65.4 Å². The van der Waals surface area contributed by atoms with Crippen LogP contribution in [0.2, 0.25) is 0 Å². The zero-order valence-corrected chi connectivity index (χ0v) is 13.0. The number of anilines is 1. The second kappa shape index (κ2) is 5.49. The predicted molar refractivity (Wildman–Crippen MR) is 90.6 cm³/mol. The van der Waals surface area contributed by atoms with Gasteiger partial charge >= 0.3 is 0 Å². The minimum absolute atomic E-state index is 0.106. The molecule has 0 aliphatic carbocycles. The van der Waals surface area contributed by atoms with Gasteiger partial charge in [-0.05, 0) is 48.4 Å². The van der Waals surface area contributed by atoms with E-state index in [2.05, 4.69) is 10.1 Å². The highest BCUT2D eigenvalue weighted by molar-refractivity contribution is 5.84. The lowest BCUT2D eigenvalue weighted by Gasteiger charge is -2.13. The van der Waals surface area contributed by atoms with E-state index in [0.717, 1.165) is 27.9 Å². The highest BCUT2D eigenvalue weighted by Crippen LogP contribution is 2.30. The molecule has 0 fully saturated rings. The van der Waals surface area contributed by atoms with Crippen LogP contribution in [0.1, 0.15) is 11.1 Å². The second-order valence-electron chi connectivity index (χ2n) is 5.62. The number of nitrogens with two attached hydrogens (primary N) is 1. The fourth-order valence-electron chi connectivity index (χ4n) is 2.81. The van der Waals surface area contributed by atoms with Gasteiger partial charge in [0.1, 0.15) is 12.4 Å². The molecule has 3 aromatic rings. The summed E-state index contributed by atoms with van der Waals surface area (Å²) in [7, 11) is 0. The van der Waals surface area contributed by atoms with E-state index in [4.69, 9.17) is 10.5 Å². The minimum atomic E-state index is -0.421. The Bertz CT molecular complexity index is 1000. The van der Waals surface area contributed by atoms with Crippen molar-refractivity contribution in [3.05, 3.63) is 66.0 Å². The number of benzene rings is 1. The zero-order valence-electron chi connectivity index (χ0n) is 13.0. The largest absolute Gasteiger partial charge is 0.497 e. The fraction of sp³-hybridized carbons (Fsp3) is 0.111. The van der Waals surface area contributed by atoms with Crippen molar-refractivity contribution >= 4 is 16.9 Å². The Morgan fingerprint density at radius 2 is 2.12 bits per heavy atom. The first-order valence-electron chi connectivity index (χ1n) is 7.52. The van der Waals surface area contributed by atoms with Crippen molar-refractivity contribution in [2.75, 3.05) is 12.3 Å². The maximum Gasteiger partial charge on any atom is 0.161 e. The third kappa shape index (κ3) is 2.32. The Morgan fingerprint density at radius 1 is 1.25 bits per heavy atom. The van der Waals surface area contributed by atoms with Gasteiger partial charge in [-0.2, -0.15) is 5.10 Å². The molecule has 2 aromatic heterocycles. The molecule has 3 heterocycles. The number of aromatic nitrogens is 3. The van der Waals surface area contributed by atoms with Gasteiger partial charge in [0.15, 0.2) is 5.65 Å². The van der Waals surface area contributed by atoms with Gasteiger partial charge < -0.3 is 10.5 Å². The Hall–Kier alpha value is -3.15. The molecular weight excluding hydrogens is 307 g/mol. The van der Waals surface area contributed by atoms with Crippen molar-refractivity contribution in [3.63, 3.8) is 0 Å². The number of ether oxygens (including phenoxy) is 1. The summed E-state index contributed by atoms with van der Waals surface area (Å²) in [6.07, 6.45) is 9.03. The lowest BCUT2D eigenvalue weighted by atomic mass is 10.0. The molecule has 0 bridgehead atoms. The number of hydrogen-bond donors (Lipinski definition) is 1. The summed E-state index contributed by atoms with van der Waals surface area (Å²) < 4.78 is 20.6. The van der Waals surface area contributed by atoms with Gasteiger partial charge in [-0.15, -0.1) is 0 Å². The van der Waals surface area contributed by atoms with Crippen molar-refractivity contribution in [1.82, 2.24) is 14.6 Å². The third-order valence-corrected chi connectivity index (χ3v) is 4.03. The summed E-state index contributed by atoms with van der Waals surface area (Å²) in [6, 6.07) is 5.00. The molecule has 0 saturated carbocycles. The van der Waals surface area contributed by atoms with Gasteiger partial charge in [-0.3, -0.25) is 0 Å². The minimum Gasteiger partial charge on any atom is -0.497 e. The van der Waals surface area contributed by atoms with Gasteiger partial charge in [-0.1, -0.05) is 0 Å². The number of fused-ring (bicyclic) bond motifs is 1. The SMILES string of the molecule is Cc1cc(F)c(N)cc1-c1cc(C2=CCOC=C2)c2nccn2n1. The first-order chi connectivity index (χ1) is 11.6. The lowest BCUT2D eigenvalue weighted by molar-refractivity contribution is 0.287. The van der Waals surface area contributed by atoms with Crippen LogP contribution >= 0.6 is 0 Å². The number of rotatable bonds is 2. The molecule has 0 radical (unpaired) electrons. The van der Waals surface area contributed by atoms with E-state index < -0.39 is 5.82 Å². The van der Waals surface area contributed by atoms with Crippen LogP contribution in [0.5, 0.6) is 0 Å². The molecule has 0 amide bonds. The molecule has 120 valence electrons. The number of halogens is 1. The molecule has 1 aromatic carbocycles. The van der Waals surface area contributed by atoms with E-state index in [0.29, 0.717) is 12.3 Å². The molecule has 2 N–H and O–H groups in total. The van der Waals surface area contributed by atoms with Crippen LogP contribution in [0.4, 0.5) is 10.1 Å². The number of allylic oxidation sites excluding steroid dienone is 2. The molecule has 0 atom stereocenters. The molecule has 4 rings (SSSR count). The number of aryl methyl sites for hydroxylation is 1. The summed E-state index contributed by atoms with van der Waals surface area (Å²) in [6.45, 7) is 2.35. The van der Waals surface area contributed by atoms with Gasteiger partial charge in [-0.25, -0.2) is 13.9 Å². The van der Waals surface area contributed by atoms with Crippen molar-refractivity contribution in [1.29, 1.82) is 0 Å². The van der Waals surface area contributed by atoms with Crippen LogP contribution in [0, 0.1) is 12.7 Å². The average molecular weight is 322 g/mol. The first kappa shape index (κ1) is 14.4. The first-order valence-corrected chi connectivity index (χ1v) is 7.52. The average Bonchev–Trinajstić information content (AvgIpc) is 3.06. The van der Waals surface area contributed by atoms with E-state index in [1.807, 2.05) is 25.1 Å². The predicted octanol–water partition coefficient (Wildman–Crippen LogP) is 3.35. The highest BCUT2D eigenvalue weighted by Gasteiger charge is 2.15. The quantitative estimate of drug-likeness (QED) is 0.735. The van der Waals surface area contributed by atoms with Gasteiger partial charge in [0.2, 0.25) is 0 Å². The molecule has 1 aliphatic heterocycles. The standard InChI is InChI=1S/C18H15FN4O/c1-11-8-15(19)16(20)9-13(11)17-10-14(12-2-6-24-7-3-12)18-21-4-5-23(18)22-17/h2-6,8-10H,7,20H2,1H3. The van der Waals surface area contributed by atoms with Gasteiger partial charge in [0.05, 0.1) is 17.6 Å². The van der Waals surface area contributed by atoms with Crippen LogP contribution in [-0.2, 0) is 4.74 Å². The molecule has 5 nitrogen and oxygen atoms in total. The van der Waals surface area contributed by atoms with Crippen molar-refractivity contribution in [2.24, 2.45) is 0 Å². The van der Waals surface area contributed by atoms with E-state index in [1.54, 1.807) is 29.2 Å². The van der Waals surface area contributed by atoms with Gasteiger partial charge in [0, 0.05) is 23.5 Å². The third-order valence-electron chi connectivity index (χ3n) is 4.03. The van der Waals surface area contributed by atoms with Crippen LogP contribution in [0.15, 0.2) is 49.0 Å². The Kier molecular flexibility index (Phi) is 3.30. The van der Waals surface area contributed by atoms with Crippen LogP contribution in [-0.4, -0.2) is 21.2 Å².